The number of carbonyl (C=O) groups is 1. The molecule has 43 heavy (non-hydrogen) atoms. The van der Waals surface area contributed by atoms with Crippen LogP contribution in [0, 0.1) is 12.3 Å². The second kappa shape index (κ2) is 12.6. The number of rotatable bonds is 9. The molecule has 1 atom stereocenters. The first-order chi connectivity index (χ1) is 20.8. The summed E-state index contributed by atoms with van der Waals surface area (Å²) < 4.78 is 24.8. The molecular formula is C34H32N2O6S. The Morgan fingerprint density at radius 2 is 1.91 bits per heavy atom. The molecule has 8 nitrogen and oxygen atoms in total. The molecule has 220 valence electrons. The molecule has 0 bridgehead atoms. The van der Waals surface area contributed by atoms with Gasteiger partial charge >= 0.3 is 5.97 Å². The van der Waals surface area contributed by atoms with Gasteiger partial charge in [0.05, 0.1) is 41.7 Å². The van der Waals surface area contributed by atoms with E-state index < -0.39 is 12.0 Å². The summed E-state index contributed by atoms with van der Waals surface area (Å²) in [6.45, 7) is 7.60. The average molecular weight is 597 g/mol. The lowest BCUT2D eigenvalue weighted by molar-refractivity contribution is -0.139. The Labute approximate surface area is 253 Å². The van der Waals surface area contributed by atoms with Crippen molar-refractivity contribution in [2.75, 3.05) is 20.3 Å². The Bertz CT molecular complexity index is 1960. The maximum Gasteiger partial charge on any atom is 0.338 e. The third kappa shape index (κ3) is 5.79. The standard InChI is InChI=1S/C34H32N2O6S/c1-7-17-41-26-15-13-22-11-9-10-12-24(22)25(26)19-29-32(37)36-31(23-14-16-27(42-20(3)4)28(18-23)39-6)30(33(38)40-8-2)21(5)35-34(36)43-29/h1,9-16,18-20,31H,8,17H2,2-6H3/b29-19+/t31-/m1/s1. The number of allylic oxidation sites excluding steroid dienone is 1. The predicted molar refractivity (Wildman–Crippen MR) is 167 cm³/mol. The van der Waals surface area contributed by atoms with Gasteiger partial charge in [0.25, 0.3) is 5.56 Å². The third-order valence-electron chi connectivity index (χ3n) is 6.90. The second-order valence-corrected chi connectivity index (χ2v) is 11.1. The van der Waals surface area contributed by atoms with Gasteiger partial charge in [-0.3, -0.25) is 9.36 Å². The monoisotopic (exact) mass is 596 g/mol. The fourth-order valence-electron chi connectivity index (χ4n) is 5.11. The molecule has 2 heterocycles. The van der Waals surface area contributed by atoms with Crippen LogP contribution in [0.2, 0.25) is 0 Å². The molecule has 1 aromatic heterocycles. The SMILES string of the molecule is C#CCOc1ccc2ccccc2c1/C=c1/sc2n(c1=O)[C@H](c1ccc(OC(C)C)c(OC)c1)C(C(=O)OCC)=C(C)N=2. The van der Waals surface area contributed by atoms with E-state index in [4.69, 9.17) is 25.4 Å². The van der Waals surface area contributed by atoms with Gasteiger partial charge < -0.3 is 18.9 Å². The lowest BCUT2D eigenvalue weighted by atomic mass is 9.95. The summed E-state index contributed by atoms with van der Waals surface area (Å²) in [7, 11) is 1.55. The van der Waals surface area contributed by atoms with Crippen LogP contribution in [0.5, 0.6) is 17.2 Å². The Morgan fingerprint density at radius 3 is 2.63 bits per heavy atom. The number of benzene rings is 3. The van der Waals surface area contributed by atoms with Crippen molar-refractivity contribution in [1.82, 2.24) is 4.57 Å². The van der Waals surface area contributed by atoms with Crippen LogP contribution in [0.25, 0.3) is 16.8 Å². The van der Waals surface area contributed by atoms with E-state index >= 15 is 0 Å². The quantitative estimate of drug-likeness (QED) is 0.205. The van der Waals surface area contributed by atoms with Crippen molar-refractivity contribution in [3.05, 3.63) is 96.7 Å². The molecule has 0 unspecified atom stereocenters. The summed E-state index contributed by atoms with van der Waals surface area (Å²) in [5.74, 6) is 3.57. The normalized spacial score (nSPS) is 14.7. The zero-order valence-electron chi connectivity index (χ0n) is 24.7. The number of hydrogen-bond acceptors (Lipinski definition) is 8. The molecule has 0 aliphatic carbocycles. The fourth-order valence-corrected chi connectivity index (χ4v) is 6.14. The highest BCUT2D eigenvalue weighted by Gasteiger charge is 2.34. The highest BCUT2D eigenvalue weighted by atomic mass is 32.1. The number of esters is 1. The van der Waals surface area contributed by atoms with Crippen LogP contribution in [0.15, 0.2) is 75.7 Å². The van der Waals surface area contributed by atoms with Gasteiger partial charge in [-0.2, -0.15) is 0 Å². The zero-order chi connectivity index (χ0) is 30.7. The van der Waals surface area contributed by atoms with Crippen molar-refractivity contribution in [1.29, 1.82) is 0 Å². The van der Waals surface area contributed by atoms with E-state index in [1.807, 2.05) is 56.3 Å². The van der Waals surface area contributed by atoms with Crippen LogP contribution in [0.3, 0.4) is 0 Å². The lowest BCUT2D eigenvalue weighted by Gasteiger charge is -2.25. The van der Waals surface area contributed by atoms with Gasteiger partial charge in [-0.05, 0) is 68.3 Å². The molecule has 1 aliphatic rings. The van der Waals surface area contributed by atoms with E-state index in [2.05, 4.69) is 10.9 Å². The zero-order valence-corrected chi connectivity index (χ0v) is 25.5. The third-order valence-corrected chi connectivity index (χ3v) is 7.88. The largest absolute Gasteiger partial charge is 0.493 e. The van der Waals surface area contributed by atoms with Crippen LogP contribution in [0.4, 0.5) is 0 Å². The number of methoxy groups -OCH3 is 1. The van der Waals surface area contributed by atoms with E-state index in [-0.39, 0.29) is 30.5 Å². The number of fused-ring (bicyclic) bond motifs is 2. The minimum atomic E-state index is -0.802. The van der Waals surface area contributed by atoms with Crippen LogP contribution in [-0.2, 0) is 9.53 Å². The highest BCUT2D eigenvalue weighted by molar-refractivity contribution is 7.07. The number of hydrogen-bond donors (Lipinski definition) is 0. The minimum absolute atomic E-state index is 0.0711. The molecule has 0 saturated carbocycles. The van der Waals surface area contributed by atoms with Gasteiger partial charge in [-0.15, -0.1) is 6.42 Å². The molecule has 0 fully saturated rings. The summed E-state index contributed by atoms with van der Waals surface area (Å²) in [5, 5.41) is 1.90. The Hall–Kier alpha value is -4.81. The van der Waals surface area contributed by atoms with E-state index in [0.29, 0.717) is 37.8 Å². The van der Waals surface area contributed by atoms with E-state index in [0.717, 1.165) is 16.3 Å². The maximum atomic E-state index is 14.2. The summed E-state index contributed by atoms with van der Waals surface area (Å²) in [6.07, 6.45) is 7.20. The summed E-state index contributed by atoms with van der Waals surface area (Å²) in [5.41, 5.74) is 1.83. The Morgan fingerprint density at radius 1 is 1.14 bits per heavy atom. The number of terminal acetylenes is 1. The van der Waals surface area contributed by atoms with Crippen molar-refractivity contribution in [2.24, 2.45) is 4.99 Å². The first kappa shape index (κ1) is 29.7. The van der Waals surface area contributed by atoms with E-state index in [1.165, 1.54) is 11.3 Å². The smallest absolute Gasteiger partial charge is 0.338 e. The van der Waals surface area contributed by atoms with Crippen molar-refractivity contribution >= 4 is 34.2 Å². The van der Waals surface area contributed by atoms with Gasteiger partial charge in [0, 0.05) is 5.56 Å². The molecule has 3 aromatic carbocycles. The van der Waals surface area contributed by atoms with Crippen molar-refractivity contribution in [3.63, 3.8) is 0 Å². The summed E-state index contributed by atoms with van der Waals surface area (Å²) in [4.78, 5) is 32.7. The maximum absolute atomic E-state index is 14.2. The molecule has 0 amide bonds. The van der Waals surface area contributed by atoms with Gasteiger partial charge in [0.1, 0.15) is 12.4 Å². The molecule has 0 N–H and O–H groups in total. The van der Waals surface area contributed by atoms with Gasteiger partial charge in [-0.25, -0.2) is 9.79 Å². The number of aromatic nitrogens is 1. The number of ether oxygens (including phenoxy) is 4. The molecular weight excluding hydrogens is 564 g/mol. The van der Waals surface area contributed by atoms with Crippen LogP contribution >= 0.6 is 11.3 Å². The lowest BCUT2D eigenvalue weighted by Crippen LogP contribution is -2.40. The number of nitrogens with zero attached hydrogens (tertiary/aromatic N) is 2. The molecule has 9 heteroatoms. The second-order valence-electron chi connectivity index (χ2n) is 10.1. The highest BCUT2D eigenvalue weighted by Crippen LogP contribution is 2.36. The molecule has 0 radical (unpaired) electrons. The van der Waals surface area contributed by atoms with Crippen LogP contribution in [0.1, 0.15) is 44.9 Å². The molecule has 1 aliphatic heterocycles. The van der Waals surface area contributed by atoms with Gasteiger partial charge in [0.2, 0.25) is 0 Å². The van der Waals surface area contributed by atoms with Crippen molar-refractivity contribution < 1.29 is 23.7 Å². The minimum Gasteiger partial charge on any atom is -0.493 e. The summed E-state index contributed by atoms with van der Waals surface area (Å²) in [6, 6.07) is 16.3. The molecule has 0 spiro atoms. The number of thiazole rings is 1. The molecule has 0 saturated heterocycles. The Balaban J connectivity index is 1.76. The van der Waals surface area contributed by atoms with Crippen molar-refractivity contribution in [3.8, 4) is 29.6 Å². The topological polar surface area (TPSA) is 88.3 Å². The average Bonchev–Trinajstić information content (AvgIpc) is 3.29. The number of carbonyl (C=O) groups excluding carboxylic acids is 1. The van der Waals surface area contributed by atoms with Gasteiger partial charge in [0.15, 0.2) is 16.3 Å². The Kier molecular flexibility index (Phi) is 8.69. The summed E-state index contributed by atoms with van der Waals surface area (Å²) >= 11 is 1.24. The van der Waals surface area contributed by atoms with E-state index in [9.17, 15) is 9.59 Å². The first-order valence-electron chi connectivity index (χ1n) is 13.9. The first-order valence-corrected chi connectivity index (χ1v) is 14.7. The predicted octanol–water partition coefficient (Wildman–Crippen LogP) is 4.76. The fraction of sp³-hybridized carbons (Fsp3) is 0.265. The van der Waals surface area contributed by atoms with Crippen LogP contribution < -0.4 is 29.1 Å². The van der Waals surface area contributed by atoms with Crippen LogP contribution in [-0.4, -0.2) is 37.0 Å². The van der Waals surface area contributed by atoms with Gasteiger partial charge in [-0.1, -0.05) is 53.7 Å². The molecule has 4 aromatic rings. The molecule has 5 rings (SSSR count). The van der Waals surface area contributed by atoms with E-state index in [1.54, 1.807) is 43.7 Å². The van der Waals surface area contributed by atoms with Crippen molar-refractivity contribution in [2.45, 2.75) is 39.8 Å².